The molecule has 0 bridgehead atoms. The lowest BCUT2D eigenvalue weighted by Crippen LogP contribution is -2.14. The third-order valence-corrected chi connectivity index (χ3v) is 3.38. The quantitative estimate of drug-likeness (QED) is 0.839. The number of halogens is 1. The first-order chi connectivity index (χ1) is 9.08. The molecule has 0 saturated carbocycles. The van der Waals surface area contributed by atoms with Crippen molar-refractivity contribution in [3.05, 3.63) is 64.2 Å². The maximum Gasteiger partial charge on any atom is 0.107 e. The van der Waals surface area contributed by atoms with Gasteiger partial charge in [-0.15, -0.1) is 0 Å². The van der Waals surface area contributed by atoms with Gasteiger partial charge in [-0.25, -0.2) is 0 Å². The highest BCUT2D eigenvalue weighted by atomic mass is 35.5. The minimum atomic E-state index is 0.303. The molecule has 98 valence electrons. The van der Waals surface area contributed by atoms with Crippen LogP contribution in [0.25, 0.3) is 0 Å². The Balaban J connectivity index is 2.18. The van der Waals surface area contributed by atoms with Crippen molar-refractivity contribution in [2.45, 2.75) is 13.5 Å². The Morgan fingerprint density at radius 2 is 1.89 bits per heavy atom. The average molecular weight is 291 g/mol. The summed E-state index contributed by atoms with van der Waals surface area (Å²) >= 11 is 11.2. The van der Waals surface area contributed by atoms with Crippen molar-refractivity contribution in [1.29, 1.82) is 0 Å². The Morgan fingerprint density at radius 3 is 2.53 bits per heavy atom. The molecule has 0 amide bonds. The van der Waals surface area contributed by atoms with Crippen LogP contribution in [0.1, 0.15) is 16.7 Å². The zero-order chi connectivity index (χ0) is 13.8. The second-order valence-corrected chi connectivity index (χ2v) is 5.21. The molecular formula is C15H15ClN2S. The van der Waals surface area contributed by atoms with Crippen LogP contribution in [0.2, 0.25) is 5.02 Å². The van der Waals surface area contributed by atoms with Crippen LogP contribution in [0.4, 0.5) is 5.69 Å². The summed E-state index contributed by atoms with van der Waals surface area (Å²) in [4.78, 5) is 0.303. The number of rotatable bonds is 4. The van der Waals surface area contributed by atoms with E-state index in [9.17, 15) is 0 Å². The molecule has 2 aromatic rings. The number of hydrogen-bond donors (Lipinski definition) is 2. The molecule has 3 N–H and O–H groups in total. The van der Waals surface area contributed by atoms with Crippen LogP contribution in [0.15, 0.2) is 42.5 Å². The van der Waals surface area contributed by atoms with Gasteiger partial charge in [-0.3, -0.25) is 0 Å². The molecule has 0 spiro atoms. The lowest BCUT2D eigenvalue weighted by molar-refractivity contribution is 1.14. The minimum absolute atomic E-state index is 0.303. The van der Waals surface area contributed by atoms with Gasteiger partial charge >= 0.3 is 0 Å². The lowest BCUT2D eigenvalue weighted by Gasteiger charge is -2.12. The van der Waals surface area contributed by atoms with Crippen molar-refractivity contribution in [3.63, 3.8) is 0 Å². The van der Waals surface area contributed by atoms with E-state index in [0.29, 0.717) is 22.1 Å². The SMILES string of the molecule is Cc1ccc(CNc2cccc(Cl)c2C(N)=S)cc1. The van der Waals surface area contributed by atoms with Crippen LogP contribution < -0.4 is 11.1 Å². The van der Waals surface area contributed by atoms with Gasteiger partial charge < -0.3 is 11.1 Å². The van der Waals surface area contributed by atoms with E-state index in [1.807, 2.05) is 12.1 Å². The fourth-order valence-electron chi connectivity index (χ4n) is 1.83. The van der Waals surface area contributed by atoms with Crippen LogP contribution in [0, 0.1) is 6.92 Å². The van der Waals surface area contributed by atoms with Gasteiger partial charge in [0.1, 0.15) is 4.99 Å². The summed E-state index contributed by atoms with van der Waals surface area (Å²) in [5, 5.41) is 3.89. The van der Waals surface area contributed by atoms with Gasteiger partial charge in [0.15, 0.2) is 0 Å². The molecule has 0 saturated heterocycles. The lowest BCUT2D eigenvalue weighted by atomic mass is 10.1. The van der Waals surface area contributed by atoms with Crippen molar-refractivity contribution >= 4 is 34.5 Å². The van der Waals surface area contributed by atoms with Gasteiger partial charge in [0.25, 0.3) is 0 Å². The van der Waals surface area contributed by atoms with E-state index in [4.69, 9.17) is 29.6 Å². The zero-order valence-corrected chi connectivity index (χ0v) is 12.2. The zero-order valence-electron chi connectivity index (χ0n) is 10.6. The number of thiocarbonyl (C=S) groups is 1. The van der Waals surface area contributed by atoms with Gasteiger partial charge in [-0.1, -0.05) is 59.7 Å². The standard InChI is InChI=1S/C15H15ClN2S/c1-10-5-7-11(8-6-10)9-18-13-4-2-3-12(16)14(13)15(17)19/h2-8,18H,9H2,1H3,(H2,17,19). The summed E-state index contributed by atoms with van der Waals surface area (Å²) in [6.45, 7) is 2.77. The van der Waals surface area contributed by atoms with Gasteiger partial charge in [0, 0.05) is 12.2 Å². The Morgan fingerprint density at radius 1 is 1.21 bits per heavy atom. The number of nitrogens with one attached hydrogen (secondary N) is 1. The maximum atomic E-state index is 6.12. The molecule has 0 aliphatic heterocycles. The molecule has 0 aromatic heterocycles. The number of hydrogen-bond acceptors (Lipinski definition) is 2. The Bertz CT molecular complexity index is 594. The average Bonchev–Trinajstić information content (AvgIpc) is 2.37. The summed E-state index contributed by atoms with van der Waals surface area (Å²) in [5.41, 5.74) is 9.71. The fourth-order valence-corrected chi connectivity index (χ4v) is 2.38. The third kappa shape index (κ3) is 3.46. The number of benzene rings is 2. The summed E-state index contributed by atoms with van der Waals surface area (Å²) < 4.78 is 0. The van der Waals surface area contributed by atoms with Crippen molar-refractivity contribution in [2.75, 3.05) is 5.32 Å². The first-order valence-corrected chi connectivity index (χ1v) is 6.74. The van der Waals surface area contributed by atoms with Crippen LogP contribution in [0.3, 0.4) is 0 Å². The van der Waals surface area contributed by atoms with E-state index in [1.165, 1.54) is 11.1 Å². The largest absolute Gasteiger partial charge is 0.389 e. The van der Waals surface area contributed by atoms with Gasteiger partial charge in [-0.2, -0.15) is 0 Å². The van der Waals surface area contributed by atoms with Gasteiger partial charge in [0.05, 0.1) is 10.6 Å². The van der Waals surface area contributed by atoms with Crippen LogP contribution in [-0.2, 0) is 6.54 Å². The predicted octanol–water partition coefficient (Wildman–Crippen LogP) is 3.89. The van der Waals surface area contributed by atoms with Crippen molar-refractivity contribution in [2.24, 2.45) is 5.73 Å². The fraction of sp³-hybridized carbons (Fsp3) is 0.133. The molecule has 0 unspecified atom stereocenters. The summed E-state index contributed by atoms with van der Waals surface area (Å²) in [6.07, 6.45) is 0. The van der Waals surface area contributed by atoms with E-state index < -0.39 is 0 Å². The van der Waals surface area contributed by atoms with Crippen molar-refractivity contribution in [1.82, 2.24) is 0 Å². The predicted molar refractivity (Wildman–Crippen MR) is 85.8 cm³/mol. The summed E-state index contributed by atoms with van der Waals surface area (Å²) in [6, 6.07) is 13.9. The van der Waals surface area contributed by atoms with E-state index in [-0.39, 0.29) is 0 Å². The molecule has 2 aromatic carbocycles. The van der Waals surface area contributed by atoms with Gasteiger partial charge in [0.2, 0.25) is 0 Å². The molecule has 0 aliphatic rings. The number of aryl methyl sites for hydroxylation is 1. The maximum absolute atomic E-state index is 6.12. The topological polar surface area (TPSA) is 38.0 Å². The van der Waals surface area contributed by atoms with E-state index >= 15 is 0 Å². The van der Waals surface area contributed by atoms with Crippen LogP contribution in [0.5, 0.6) is 0 Å². The van der Waals surface area contributed by atoms with Crippen LogP contribution in [-0.4, -0.2) is 4.99 Å². The molecule has 0 radical (unpaired) electrons. The Labute approximate surface area is 123 Å². The number of nitrogens with two attached hydrogens (primary N) is 1. The van der Waals surface area contributed by atoms with Crippen LogP contribution >= 0.6 is 23.8 Å². The van der Waals surface area contributed by atoms with E-state index in [2.05, 4.69) is 36.5 Å². The molecule has 2 rings (SSSR count). The second-order valence-electron chi connectivity index (χ2n) is 4.37. The van der Waals surface area contributed by atoms with E-state index in [0.717, 1.165) is 5.69 Å². The highest BCUT2D eigenvalue weighted by Gasteiger charge is 2.09. The third-order valence-electron chi connectivity index (χ3n) is 2.86. The Hall–Kier alpha value is -1.58. The minimum Gasteiger partial charge on any atom is -0.389 e. The van der Waals surface area contributed by atoms with E-state index in [1.54, 1.807) is 6.07 Å². The highest BCUT2D eigenvalue weighted by Crippen LogP contribution is 2.24. The monoisotopic (exact) mass is 290 g/mol. The molecule has 0 atom stereocenters. The summed E-state index contributed by atoms with van der Waals surface area (Å²) in [7, 11) is 0. The smallest absolute Gasteiger partial charge is 0.107 e. The van der Waals surface area contributed by atoms with Gasteiger partial charge in [-0.05, 0) is 24.6 Å². The molecule has 0 fully saturated rings. The number of anilines is 1. The molecule has 0 heterocycles. The molecular weight excluding hydrogens is 276 g/mol. The molecule has 0 aliphatic carbocycles. The second kappa shape index (κ2) is 6.04. The van der Waals surface area contributed by atoms with Crippen molar-refractivity contribution < 1.29 is 0 Å². The first-order valence-electron chi connectivity index (χ1n) is 5.95. The molecule has 4 heteroatoms. The normalized spacial score (nSPS) is 10.2. The first kappa shape index (κ1) is 13.8. The highest BCUT2D eigenvalue weighted by molar-refractivity contribution is 7.80. The molecule has 19 heavy (non-hydrogen) atoms. The Kier molecular flexibility index (Phi) is 4.40. The summed E-state index contributed by atoms with van der Waals surface area (Å²) in [5.74, 6) is 0. The molecule has 2 nitrogen and oxygen atoms in total. The van der Waals surface area contributed by atoms with Crippen molar-refractivity contribution in [3.8, 4) is 0 Å².